The molecule has 0 amide bonds. The van der Waals surface area contributed by atoms with Crippen molar-refractivity contribution in [3.63, 3.8) is 0 Å². The Morgan fingerprint density at radius 1 is 0.885 bits per heavy atom. The highest BCUT2D eigenvalue weighted by Crippen LogP contribution is 2.33. The van der Waals surface area contributed by atoms with Gasteiger partial charge in [0.1, 0.15) is 6.61 Å². The van der Waals surface area contributed by atoms with Crippen LogP contribution in [-0.4, -0.2) is 7.11 Å². The Balaban J connectivity index is 1.78. The summed E-state index contributed by atoms with van der Waals surface area (Å²) in [6.07, 6.45) is 0. The lowest BCUT2D eigenvalue weighted by atomic mass is 10.1. The molecule has 0 aromatic heterocycles. The Bertz CT molecular complexity index is 869. The molecule has 1 N–H and O–H groups in total. The summed E-state index contributed by atoms with van der Waals surface area (Å²) in [5, 5.41) is 4.57. The van der Waals surface area contributed by atoms with Crippen LogP contribution in [0.2, 0.25) is 10.0 Å². The molecule has 0 fully saturated rings. The van der Waals surface area contributed by atoms with Gasteiger partial charge < -0.3 is 14.8 Å². The molecule has 3 aromatic rings. The second-order valence-corrected chi connectivity index (χ2v) is 6.54. The van der Waals surface area contributed by atoms with Crippen LogP contribution >= 0.6 is 23.2 Å². The van der Waals surface area contributed by atoms with Crippen LogP contribution in [0.25, 0.3) is 0 Å². The Morgan fingerprint density at radius 3 is 2.42 bits per heavy atom. The van der Waals surface area contributed by atoms with Crippen molar-refractivity contribution in [2.75, 3.05) is 12.4 Å². The lowest BCUT2D eigenvalue weighted by Crippen LogP contribution is -2.05. The highest BCUT2D eigenvalue weighted by molar-refractivity contribution is 6.35. The molecular weight excluding hydrogens is 369 g/mol. The van der Waals surface area contributed by atoms with E-state index < -0.39 is 0 Å². The van der Waals surface area contributed by atoms with Crippen LogP contribution < -0.4 is 14.8 Å². The van der Waals surface area contributed by atoms with Crippen molar-refractivity contribution in [3.05, 3.63) is 87.9 Å². The maximum Gasteiger partial charge on any atom is 0.166 e. The molecule has 0 spiro atoms. The van der Waals surface area contributed by atoms with Gasteiger partial charge in [0.25, 0.3) is 0 Å². The van der Waals surface area contributed by atoms with Gasteiger partial charge in [-0.1, -0.05) is 59.6 Å². The van der Waals surface area contributed by atoms with E-state index in [9.17, 15) is 0 Å². The fraction of sp³-hybridized carbons (Fsp3) is 0.143. The molecule has 3 rings (SSSR count). The van der Waals surface area contributed by atoms with Crippen LogP contribution in [0.3, 0.4) is 0 Å². The summed E-state index contributed by atoms with van der Waals surface area (Å²) in [5.74, 6) is 1.38. The number of hydrogen-bond donors (Lipinski definition) is 1. The predicted molar refractivity (Wildman–Crippen MR) is 108 cm³/mol. The summed E-state index contributed by atoms with van der Waals surface area (Å²) in [4.78, 5) is 0. The Hall–Kier alpha value is -2.36. The van der Waals surface area contributed by atoms with Crippen LogP contribution in [0.4, 0.5) is 5.69 Å². The number of anilines is 1. The molecule has 0 atom stereocenters. The molecule has 0 heterocycles. The van der Waals surface area contributed by atoms with Crippen molar-refractivity contribution in [1.29, 1.82) is 0 Å². The number of benzene rings is 3. The normalized spacial score (nSPS) is 10.4. The SMILES string of the molecule is COc1cccc(CNc2ccccc2)c1OCc1ccc(Cl)cc1Cl. The van der Waals surface area contributed by atoms with Crippen LogP contribution in [-0.2, 0) is 13.2 Å². The van der Waals surface area contributed by atoms with E-state index in [1.165, 1.54) is 0 Å². The Morgan fingerprint density at radius 2 is 1.69 bits per heavy atom. The lowest BCUT2D eigenvalue weighted by molar-refractivity contribution is 0.282. The highest BCUT2D eigenvalue weighted by atomic mass is 35.5. The molecule has 5 heteroatoms. The molecular formula is C21H19Cl2NO2. The van der Waals surface area contributed by atoms with Crippen molar-refractivity contribution in [2.45, 2.75) is 13.2 Å². The van der Waals surface area contributed by atoms with E-state index in [1.54, 1.807) is 19.2 Å². The van der Waals surface area contributed by atoms with E-state index in [2.05, 4.69) is 5.32 Å². The van der Waals surface area contributed by atoms with E-state index in [4.69, 9.17) is 32.7 Å². The van der Waals surface area contributed by atoms with E-state index in [0.717, 1.165) is 16.8 Å². The second-order valence-electron chi connectivity index (χ2n) is 5.69. The summed E-state index contributed by atoms with van der Waals surface area (Å²) >= 11 is 12.2. The smallest absolute Gasteiger partial charge is 0.166 e. The van der Waals surface area contributed by atoms with Gasteiger partial charge in [-0.05, 0) is 30.3 Å². The van der Waals surface area contributed by atoms with E-state index in [1.807, 2.05) is 54.6 Å². The number of para-hydroxylation sites is 2. The molecule has 3 nitrogen and oxygen atoms in total. The van der Waals surface area contributed by atoms with Crippen molar-refractivity contribution >= 4 is 28.9 Å². The fourth-order valence-electron chi connectivity index (χ4n) is 2.57. The topological polar surface area (TPSA) is 30.5 Å². The van der Waals surface area contributed by atoms with Gasteiger partial charge in [-0.2, -0.15) is 0 Å². The van der Waals surface area contributed by atoms with Crippen molar-refractivity contribution < 1.29 is 9.47 Å². The first kappa shape index (κ1) is 18.4. The molecule has 0 aliphatic rings. The van der Waals surface area contributed by atoms with Gasteiger partial charge in [-0.15, -0.1) is 0 Å². The third kappa shape index (κ3) is 4.63. The molecule has 0 aliphatic heterocycles. The molecule has 0 aliphatic carbocycles. The summed E-state index contributed by atoms with van der Waals surface area (Å²) in [5.41, 5.74) is 2.91. The number of rotatable bonds is 7. The zero-order valence-electron chi connectivity index (χ0n) is 14.3. The minimum Gasteiger partial charge on any atom is -0.493 e. The third-order valence-electron chi connectivity index (χ3n) is 3.92. The summed E-state index contributed by atoms with van der Waals surface area (Å²) in [6.45, 7) is 0.944. The van der Waals surface area contributed by atoms with Crippen LogP contribution in [0.5, 0.6) is 11.5 Å². The predicted octanol–water partition coefficient (Wildman–Crippen LogP) is 6.19. The summed E-state index contributed by atoms with van der Waals surface area (Å²) in [7, 11) is 1.63. The number of ether oxygens (including phenoxy) is 2. The number of hydrogen-bond acceptors (Lipinski definition) is 3. The zero-order valence-corrected chi connectivity index (χ0v) is 15.8. The number of halogens is 2. The Kier molecular flexibility index (Phi) is 6.26. The van der Waals surface area contributed by atoms with Gasteiger partial charge in [0.05, 0.1) is 7.11 Å². The van der Waals surface area contributed by atoms with E-state index in [0.29, 0.717) is 34.7 Å². The van der Waals surface area contributed by atoms with Crippen LogP contribution in [0.1, 0.15) is 11.1 Å². The number of methoxy groups -OCH3 is 1. The van der Waals surface area contributed by atoms with Crippen LogP contribution in [0.15, 0.2) is 66.7 Å². The standard InChI is InChI=1S/C21H19Cl2NO2/c1-25-20-9-5-6-15(13-24-18-7-3-2-4-8-18)21(20)26-14-16-10-11-17(22)12-19(16)23/h2-12,24H,13-14H2,1H3. The Labute approximate surface area is 163 Å². The van der Waals surface area contributed by atoms with Crippen LogP contribution in [0, 0.1) is 0 Å². The molecule has 0 unspecified atom stereocenters. The van der Waals surface area contributed by atoms with Crippen molar-refractivity contribution in [1.82, 2.24) is 0 Å². The van der Waals surface area contributed by atoms with Crippen molar-refractivity contribution in [2.24, 2.45) is 0 Å². The molecule has 0 bridgehead atoms. The summed E-state index contributed by atoms with van der Waals surface area (Å²) in [6, 6.07) is 21.2. The maximum absolute atomic E-state index is 6.24. The minimum absolute atomic E-state index is 0.328. The minimum atomic E-state index is 0.328. The summed E-state index contributed by atoms with van der Waals surface area (Å²) < 4.78 is 11.5. The molecule has 134 valence electrons. The average molecular weight is 388 g/mol. The van der Waals surface area contributed by atoms with Gasteiger partial charge in [0.2, 0.25) is 0 Å². The van der Waals surface area contributed by atoms with E-state index >= 15 is 0 Å². The zero-order chi connectivity index (χ0) is 18.4. The molecule has 0 radical (unpaired) electrons. The maximum atomic E-state index is 6.24. The second kappa shape index (κ2) is 8.84. The van der Waals surface area contributed by atoms with E-state index in [-0.39, 0.29) is 0 Å². The fourth-order valence-corrected chi connectivity index (χ4v) is 3.03. The molecule has 0 saturated carbocycles. The first-order valence-electron chi connectivity index (χ1n) is 8.19. The first-order valence-corrected chi connectivity index (χ1v) is 8.94. The largest absolute Gasteiger partial charge is 0.493 e. The van der Waals surface area contributed by atoms with Crippen molar-refractivity contribution in [3.8, 4) is 11.5 Å². The third-order valence-corrected chi connectivity index (χ3v) is 4.51. The average Bonchev–Trinajstić information content (AvgIpc) is 2.66. The monoisotopic (exact) mass is 387 g/mol. The lowest BCUT2D eigenvalue weighted by Gasteiger charge is -2.16. The van der Waals surface area contributed by atoms with Gasteiger partial charge in [0.15, 0.2) is 11.5 Å². The molecule has 3 aromatic carbocycles. The number of nitrogens with one attached hydrogen (secondary N) is 1. The quantitative estimate of drug-likeness (QED) is 0.523. The molecule has 26 heavy (non-hydrogen) atoms. The van der Waals surface area contributed by atoms with Gasteiger partial charge in [-0.3, -0.25) is 0 Å². The van der Waals surface area contributed by atoms with Gasteiger partial charge in [0, 0.05) is 33.4 Å². The highest BCUT2D eigenvalue weighted by Gasteiger charge is 2.12. The first-order chi connectivity index (χ1) is 12.7. The molecule has 0 saturated heterocycles. The van der Waals surface area contributed by atoms with Gasteiger partial charge >= 0.3 is 0 Å². The van der Waals surface area contributed by atoms with Gasteiger partial charge in [-0.25, -0.2) is 0 Å².